The van der Waals surface area contributed by atoms with Gasteiger partial charge in [0.05, 0.1) is 0 Å². The lowest BCUT2D eigenvalue weighted by Gasteiger charge is -2.12. The number of rotatable bonds is 7. The molecular weight excluding hydrogens is 398 g/mol. The summed E-state index contributed by atoms with van der Waals surface area (Å²) >= 11 is 6.31. The van der Waals surface area contributed by atoms with Gasteiger partial charge in [0.1, 0.15) is 12.4 Å². The SMILES string of the molecule is Cc1ccc(OCc2n[nH]c(=S)n2NC(=O)CCn2c(C)csc2=O)c(C)c1. The van der Waals surface area contributed by atoms with Crippen molar-refractivity contribution in [2.45, 2.75) is 40.3 Å². The standard InChI is InChI=1S/C18H21N5O3S2/c1-11-4-5-14(12(2)8-11)26-9-15-19-20-17(27)23(15)21-16(24)6-7-22-13(3)10-28-18(22)25/h4-5,8,10H,6-7,9H2,1-3H3,(H,20,27)(H,21,24). The van der Waals surface area contributed by atoms with E-state index < -0.39 is 0 Å². The number of hydrogen-bond donors (Lipinski definition) is 2. The van der Waals surface area contributed by atoms with Crippen LogP contribution in [-0.2, 0) is 17.9 Å². The number of H-pyrrole nitrogens is 1. The van der Waals surface area contributed by atoms with Gasteiger partial charge in [-0.2, -0.15) is 5.10 Å². The number of amides is 1. The number of carbonyl (C=O) groups is 1. The number of hydrogen-bond acceptors (Lipinski definition) is 6. The molecule has 8 nitrogen and oxygen atoms in total. The molecule has 0 atom stereocenters. The van der Waals surface area contributed by atoms with Gasteiger partial charge >= 0.3 is 4.87 Å². The van der Waals surface area contributed by atoms with Crippen molar-refractivity contribution in [2.24, 2.45) is 0 Å². The smallest absolute Gasteiger partial charge is 0.307 e. The van der Waals surface area contributed by atoms with Gasteiger partial charge < -0.3 is 9.30 Å². The van der Waals surface area contributed by atoms with E-state index in [4.69, 9.17) is 17.0 Å². The molecule has 0 aliphatic carbocycles. The predicted molar refractivity (Wildman–Crippen MR) is 110 cm³/mol. The second kappa shape index (κ2) is 8.53. The van der Waals surface area contributed by atoms with Crippen molar-refractivity contribution < 1.29 is 9.53 Å². The molecule has 1 aromatic carbocycles. The van der Waals surface area contributed by atoms with E-state index in [9.17, 15) is 9.59 Å². The largest absolute Gasteiger partial charge is 0.485 e. The van der Waals surface area contributed by atoms with E-state index in [1.165, 1.54) is 4.68 Å². The first kappa shape index (κ1) is 20.0. The molecule has 0 fully saturated rings. The Bertz CT molecular complexity index is 1110. The summed E-state index contributed by atoms with van der Waals surface area (Å²) in [5.41, 5.74) is 5.71. The maximum absolute atomic E-state index is 12.3. The molecule has 3 aromatic rings. The number of benzene rings is 1. The molecule has 3 rings (SSSR count). The highest BCUT2D eigenvalue weighted by Crippen LogP contribution is 2.19. The fourth-order valence-electron chi connectivity index (χ4n) is 2.71. The highest BCUT2D eigenvalue weighted by atomic mass is 32.1. The molecule has 0 spiro atoms. The first-order valence-electron chi connectivity index (χ1n) is 8.66. The Kier molecular flexibility index (Phi) is 6.10. The van der Waals surface area contributed by atoms with Crippen LogP contribution >= 0.6 is 23.6 Å². The molecule has 2 heterocycles. The molecule has 1 amide bonds. The van der Waals surface area contributed by atoms with E-state index in [-0.39, 0.29) is 28.6 Å². The van der Waals surface area contributed by atoms with Gasteiger partial charge in [0.25, 0.3) is 0 Å². The van der Waals surface area contributed by atoms with Crippen molar-refractivity contribution in [1.29, 1.82) is 0 Å². The monoisotopic (exact) mass is 419 g/mol. The zero-order chi connectivity index (χ0) is 20.3. The lowest BCUT2D eigenvalue weighted by Crippen LogP contribution is -2.27. The van der Waals surface area contributed by atoms with E-state index in [2.05, 4.69) is 15.6 Å². The summed E-state index contributed by atoms with van der Waals surface area (Å²) in [5, 5.41) is 8.55. The summed E-state index contributed by atoms with van der Waals surface area (Å²) in [4.78, 5) is 24.0. The molecule has 10 heteroatoms. The Morgan fingerprint density at radius 1 is 1.36 bits per heavy atom. The summed E-state index contributed by atoms with van der Waals surface area (Å²) < 4.78 is 9.05. The van der Waals surface area contributed by atoms with E-state index in [1.807, 2.05) is 39.0 Å². The van der Waals surface area contributed by atoms with E-state index in [0.717, 1.165) is 33.9 Å². The molecule has 0 aliphatic rings. The molecule has 148 valence electrons. The van der Waals surface area contributed by atoms with Gasteiger partial charge in [-0.05, 0) is 44.6 Å². The molecule has 28 heavy (non-hydrogen) atoms. The van der Waals surface area contributed by atoms with Crippen LogP contribution < -0.4 is 15.0 Å². The van der Waals surface area contributed by atoms with Crippen LogP contribution in [0.15, 0.2) is 28.4 Å². The van der Waals surface area contributed by atoms with Gasteiger partial charge in [-0.25, -0.2) is 4.68 Å². The summed E-state index contributed by atoms with van der Waals surface area (Å²) in [6.07, 6.45) is 0.141. The van der Waals surface area contributed by atoms with E-state index >= 15 is 0 Å². The lowest BCUT2D eigenvalue weighted by atomic mass is 10.1. The van der Waals surface area contributed by atoms with Crippen LogP contribution in [0, 0.1) is 25.5 Å². The van der Waals surface area contributed by atoms with Crippen LogP contribution in [0.5, 0.6) is 5.75 Å². The first-order chi connectivity index (χ1) is 13.3. The fourth-order valence-corrected chi connectivity index (χ4v) is 3.67. The minimum Gasteiger partial charge on any atom is -0.485 e. The molecule has 0 saturated heterocycles. The van der Waals surface area contributed by atoms with Crippen molar-refractivity contribution in [3.8, 4) is 5.75 Å². The zero-order valence-corrected chi connectivity index (χ0v) is 17.4. The van der Waals surface area contributed by atoms with Gasteiger partial charge in [-0.1, -0.05) is 29.0 Å². The average Bonchev–Trinajstić information content (AvgIpc) is 3.15. The third-order valence-corrected chi connectivity index (χ3v) is 5.36. The van der Waals surface area contributed by atoms with Crippen LogP contribution in [0.3, 0.4) is 0 Å². The van der Waals surface area contributed by atoms with Crippen LogP contribution in [0.4, 0.5) is 0 Å². The Hall–Kier alpha value is -2.72. The van der Waals surface area contributed by atoms with Crippen LogP contribution in [0.1, 0.15) is 29.1 Å². The lowest BCUT2D eigenvalue weighted by molar-refractivity contribution is -0.117. The second-order valence-corrected chi connectivity index (χ2v) is 7.62. The van der Waals surface area contributed by atoms with Gasteiger partial charge in [0.15, 0.2) is 5.82 Å². The van der Waals surface area contributed by atoms with Gasteiger partial charge in [-0.15, -0.1) is 0 Å². The van der Waals surface area contributed by atoms with Crippen molar-refractivity contribution in [3.63, 3.8) is 0 Å². The molecular formula is C18H21N5O3S2. The molecule has 2 N–H and O–H groups in total. The Morgan fingerprint density at radius 3 is 2.82 bits per heavy atom. The molecule has 0 aliphatic heterocycles. The molecule has 0 unspecified atom stereocenters. The first-order valence-corrected chi connectivity index (χ1v) is 9.95. The maximum atomic E-state index is 12.3. The topological polar surface area (TPSA) is 93.9 Å². The number of aryl methyl sites for hydroxylation is 3. The van der Waals surface area contributed by atoms with Crippen LogP contribution in [-0.4, -0.2) is 25.3 Å². The number of aromatic amines is 1. The third-order valence-electron chi connectivity index (χ3n) is 4.20. The van der Waals surface area contributed by atoms with Crippen LogP contribution in [0.25, 0.3) is 0 Å². The number of aromatic nitrogens is 4. The Balaban J connectivity index is 1.64. The number of nitrogens with zero attached hydrogens (tertiary/aromatic N) is 3. The second-order valence-electron chi connectivity index (χ2n) is 6.42. The normalized spacial score (nSPS) is 10.8. The highest BCUT2D eigenvalue weighted by molar-refractivity contribution is 7.71. The molecule has 2 aromatic heterocycles. The number of ether oxygens (including phenoxy) is 1. The van der Waals surface area contributed by atoms with E-state index in [0.29, 0.717) is 12.4 Å². The average molecular weight is 420 g/mol. The van der Waals surface area contributed by atoms with Gasteiger partial charge in [-0.3, -0.25) is 20.1 Å². The summed E-state index contributed by atoms with van der Waals surface area (Å²) in [5.74, 6) is 0.912. The zero-order valence-electron chi connectivity index (χ0n) is 15.8. The summed E-state index contributed by atoms with van der Waals surface area (Å²) in [6, 6.07) is 5.90. The third kappa shape index (κ3) is 4.57. The van der Waals surface area contributed by atoms with Crippen LogP contribution in [0.2, 0.25) is 0 Å². The van der Waals surface area contributed by atoms with Crippen molar-refractivity contribution in [3.05, 3.63) is 60.7 Å². The molecule has 0 radical (unpaired) electrons. The van der Waals surface area contributed by atoms with Crippen molar-refractivity contribution in [1.82, 2.24) is 19.4 Å². The fraction of sp³-hybridized carbons (Fsp3) is 0.333. The maximum Gasteiger partial charge on any atom is 0.307 e. The van der Waals surface area contributed by atoms with E-state index in [1.54, 1.807) is 9.95 Å². The number of carbonyl (C=O) groups excluding carboxylic acids is 1. The highest BCUT2D eigenvalue weighted by Gasteiger charge is 2.12. The Morgan fingerprint density at radius 2 is 2.14 bits per heavy atom. The summed E-state index contributed by atoms with van der Waals surface area (Å²) in [7, 11) is 0. The Labute approximate surface area is 170 Å². The molecule has 0 saturated carbocycles. The van der Waals surface area contributed by atoms with Crippen molar-refractivity contribution in [2.75, 3.05) is 5.43 Å². The summed E-state index contributed by atoms with van der Waals surface area (Å²) in [6.45, 7) is 6.27. The van der Waals surface area contributed by atoms with Gasteiger partial charge in [0, 0.05) is 24.0 Å². The van der Waals surface area contributed by atoms with Gasteiger partial charge in [0.2, 0.25) is 10.7 Å². The number of thiazole rings is 1. The minimum absolute atomic E-state index is 0.0761. The van der Waals surface area contributed by atoms with Crippen molar-refractivity contribution >= 4 is 29.5 Å². The minimum atomic E-state index is -0.275. The number of nitrogens with one attached hydrogen (secondary N) is 2. The quantitative estimate of drug-likeness (QED) is 0.575. The predicted octanol–water partition coefficient (Wildman–Crippen LogP) is 2.83. The molecule has 0 bridgehead atoms.